The van der Waals surface area contributed by atoms with E-state index in [0.717, 1.165) is 31.2 Å². The summed E-state index contributed by atoms with van der Waals surface area (Å²) in [6.07, 6.45) is 4.94. The normalized spacial score (nSPS) is 21.5. The van der Waals surface area contributed by atoms with Gasteiger partial charge in [0.15, 0.2) is 0 Å². The van der Waals surface area contributed by atoms with Gasteiger partial charge in [-0.1, -0.05) is 78.3 Å². The minimum absolute atomic E-state index is 0. The third-order valence-corrected chi connectivity index (χ3v) is 13.4. The van der Waals surface area contributed by atoms with Crippen LogP contribution in [0.1, 0.15) is 132 Å². The first-order valence-corrected chi connectivity index (χ1v) is 23.5. The third kappa shape index (κ3) is 14.1. The standard InChI is InChI=1S/C49H75N9O6.2ClH/c1-11-16-39(51-10)45(61)56-42(49(6,7)8)48(64)57-24-23-35(27-57)53-43(59)33-19-14-20-34(25-33)44(60)54-36-26-40(46(62)55-38-22-15-18-32-17-12-13-21-37(32)38)58(28-36)47(63)41(29(2)3)52-31(5)30(4)50-9;;/h12-14,17,19-21,25,29-31,35-36,38-42,50-52H,11,15-16,18,22-24,26-28H2,1-10H3,(H,53,59)(H,54,60)(H,55,62)(H,56,61);2*1H/t30-,31?,35-,36-,38+,39-,40-,41-,42+;;/m0../s1. The first-order chi connectivity index (χ1) is 30.4. The maximum atomic E-state index is 14.5. The topological polar surface area (TPSA) is 193 Å². The molecule has 15 nitrogen and oxygen atoms in total. The number of hydrogen-bond acceptors (Lipinski definition) is 9. The van der Waals surface area contributed by atoms with E-state index in [9.17, 15) is 28.8 Å². The van der Waals surface area contributed by atoms with Crippen LogP contribution in [-0.2, 0) is 25.6 Å². The van der Waals surface area contributed by atoms with Crippen molar-refractivity contribution in [1.82, 2.24) is 47.0 Å². The Morgan fingerprint density at radius 3 is 2.03 bits per heavy atom. The molecular weight excluding hydrogens is 882 g/mol. The average Bonchev–Trinajstić information content (AvgIpc) is 3.92. The van der Waals surface area contributed by atoms with Crippen molar-refractivity contribution in [3.05, 3.63) is 70.8 Å². The Bertz CT molecular complexity index is 1980. The van der Waals surface area contributed by atoms with Crippen LogP contribution >= 0.6 is 24.8 Å². The number of nitrogens with one attached hydrogen (secondary N) is 7. The fourth-order valence-corrected chi connectivity index (χ4v) is 9.20. The first-order valence-electron chi connectivity index (χ1n) is 23.5. The van der Waals surface area contributed by atoms with Gasteiger partial charge in [0.05, 0.1) is 18.1 Å². The van der Waals surface area contributed by atoms with E-state index in [2.05, 4.69) is 49.4 Å². The largest absolute Gasteiger partial charge is 0.347 e. The van der Waals surface area contributed by atoms with E-state index in [-0.39, 0.29) is 115 Å². The second-order valence-electron chi connectivity index (χ2n) is 19.6. The maximum Gasteiger partial charge on any atom is 0.251 e. The van der Waals surface area contributed by atoms with Gasteiger partial charge in [0, 0.05) is 54.9 Å². The molecule has 6 amide bonds. The lowest BCUT2D eigenvalue weighted by Crippen LogP contribution is -2.58. The first kappa shape index (κ1) is 56.0. The summed E-state index contributed by atoms with van der Waals surface area (Å²) in [5.41, 5.74) is 2.33. The molecule has 2 fully saturated rings. The summed E-state index contributed by atoms with van der Waals surface area (Å²) >= 11 is 0. The molecule has 1 aliphatic carbocycles. The Morgan fingerprint density at radius 2 is 1.42 bits per heavy atom. The summed E-state index contributed by atoms with van der Waals surface area (Å²) in [6.45, 7) is 16.7. The van der Waals surface area contributed by atoms with E-state index in [1.165, 1.54) is 11.6 Å². The lowest BCUT2D eigenvalue weighted by molar-refractivity contribution is -0.141. The van der Waals surface area contributed by atoms with Crippen LogP contribution in [0.25, 0.3) is 0 Å². The molecule has 0 radical (unpaired) electrons. The second kappa shape index (κ2) is 25.2. The van der Waals surface area contributed by atoms with E-state index in [1.807, 2.05) is 74.6 Å². The van der Waals surface area contributed by atoms with Crippen molar-refractivity contribution in [2.75, 3.05) is 33.7 Å². The lowest BCUT2D eigenvalue weighted by Gasteiger charge is -2.34. The van der Waals surface area contributed by atoms with Gasteiger partial charge in [-0.05, 0) is 107 Å². The van der Waals surface area contributed by atoms with Crippen molar-refractivity contribution in [2.45, 2.75) is 155 Å². The number of likely N-dealkylation sites (N-methyl/N-ethyl adjacent to an activating group) is 2. The zero-order valence-electron chi connectivity index (χ0n) is 40.6. The van der Waals surface area contributed by atoms with Crippen LogP contribution in [0, 0.1) is 11.3 Å². The molecule has 5 rings (SSSR count). The van der Waals surface area contributed by atoms with Crippen molar-refractivity contribution in [2.24, 2.45) is 11.3 Å². The fourth-order valence-electron chi connectivity index (χ4n) is 9.20. The molecule has 2 saturated heterocycles. The summed E-state index contributed by atoms with van der Waals surface area (Å²) in [6, 6.07) is 11.1. The molecular formula is C49H77Cl2N9O6. The van der Waals surface area contributed by atoms with Gasteiger partial charge in [-0.15, -0.1) is 24.8 Å². The van der Waals surface area contributed by atoms with E-state index < -0.39 is 41.5 Å². The zero-order valence-corrected chi connectivity index (χ0v) is 42.3. The Labute approximate surface area is 405 Å². The molecule has 0 aromatic heterocycles. The molecule has 17 heteroatoms. The van der Waals surface area contributed by atoms with Gasteiger partial charge in [-0.25, -0.2) is 0 Å². The minimum atomic E-state index is -0.803. The Morgan fingerprint density at radius 1 is 0.773 bits per heavy atom. The van der Waals surface area contributed by atoms with Crippen LogP contribution in [0.15, 0.2) is 48.5 Å². The van der Waals surface area contributed by atoms with Crippen molar-refractivity contribution in [1.29, 1.82) is 0 Å². The molecule has 0 spiro atoms. The highest BCUT2D eigenvalue weighted by molar-refractivity contribution is 6.00. The van der Waals surface area contributed by atoms with Gasteiger partial charge in [0.2, 0.25) is 23.6 Å². The summed E-state index contributed by atoms with van der Waals surface area (Å²) in [7, 11) is 3.61. The van der Waals surface area contributed by atoms with Crippen molar-refractivity contribution in [3.8, 4) is 0 Å². The van der Waals surface area contributed by atoms with Gasteiger partial charge < -0.3 is 47.0 Å². The molecule has 0 saturated carbocycles. The molecule has 1 unspecified atom stereocenters. The summed E-state index contributed by atoms with van der Waals surface area (Å²) in [5, 5.41) is 22.2. The van der Waals surface area contributed by atoms with E-state index >= 15 is 0 Å². The number of benzene rings is 2. The Hall–Kier alpha value is -4.28. The number of hydrogen-bond donors (Lipinski definition) is 7. The number of rotatable bonds is 18. The van der Waals surface area contributed by atoms with Gasteiger partial charge in [0.25, 0.3) is 11.8 Å². The van der Waals surface area contributed by atoms with Crippen LogP contribution < -0.4 is 37.2 Å². The maximum absolute atomic E-state index is 14.5. The van der Waals surface area contributed by atoms with Gasteiger partial charge in [-0.3, -0.25) is 28.8 Å². The summed E-state index contributed by atoms with van der Waals surface area (Å²) in [5.74, 6) is -1.71. The molecule has 66 heavy (non-hydrogen) atoms. The number of carbonyl (C=O) groups excluding carboxylic acids is 6. The van der Waals surface area contributed by atoms with Crippen molar-refractivity contribution < 1.29 is 28.8 Å². The highest BCUT2D eigenvalue weighted by Crippen LogP contribution is 2.31. The molecule has 368 valence electrons. The molecule has 2 aromatic rings. The molecule has 7 N–H and O–H groups in total. The number of fused-ring (bicyclic) bond motifs is 1. The van der Waals surface area contributed by atoms with Crippen LogP contribution in [0.3, 0.4) is 0 Å². The average molecular weight is 959 g/mol. The molecule has 2 heterocycles. The van der Waals surface area contributed by atoms with E-state index in [0.29, 0.717) is 19.4 Å². The number of likely N-dealkylation sites (tertiary alicyclic amines) is 2. The molecule has 2 aliphatic heterocycles. The Balaban J connectivity index is 0.00000578. The Kier molecular flexibility index (Phi) is 21.4. The zero-order chi connectivity index (χ0) is 46.9. The number of nitrogens with zero attached hydrogens (tertiary/aromatic N) is 2. The lowest BCUT2D eigenvalue weighted by atomic mass is 9.85. The number of amides is 6. The van der Waals surface area contributed by atoms with Gasteiger partial charge >= 0.3 is 0 Å². The number of aryl methyl sites for hydroxylation is 1. The minimum Gasteiger partial charge on any atom is -0.347 e. The SMILES string of the molecule is CCC[C@H](NC)C(=O)N[C@H](C(=O)N1CC[C@H](NC(=O)c2cccc(C(=O)N[C@H]3C[C@@H](C(=O)N[C@@H]4CCCc5ccccc54)N(C(=O)[C@@H](NC(C)[C@H](C)NC)C(C)C)C3)c2)C1)C(C)(C)C.Cl.Cl. The smallest absolute Gasteiger partial charge is 0.251 e. The highest BCUT2D eigenvalue weighted by Gasteiger charge is 2.44. The predicted molar refractivity (Wildman–Crippen MR) is 264 cm³/mol. The quantitative estimate of drug-likeness (QED) is 0.114. The van der Waals surface area contributed by atoms with Crippen molar-refractivity contribution >= 4 is 60.3 Å². The van der Waals surface area contributed by atoms with Crippen LogP contribution in [0.2, 0.25) is 0 Å². The third-order valence-electron chi connectivity index (χ3n) is 13.4. The summed E-state index contributed by atoms with van der Waals surface area (Å²) in [4.78, 5) is 86.6. The molecule has 2 aromatic carbocycles. The highest BCUT2D eigenvalue weighted by atomic mass is 35.5. The van der Waals surface area contributed by atoms with Crippen LogP contribution in [0.4, 0.5) is 0 Å². The van der Waals surface area contributed by atoms with Crippen LogP contribution in [0.5, 0.6) is 0 Å². The van der Waals surface area contributed by atoms with E-state index in [4.69, 9.17) is 0 Å². The predicted octanol–water partition coefficient (Wildman–Crippen LogP) is 4.28. The second-order valence-corrected chi connectivity index (χ2v) is 19.6. The molecule has 0 bridgehead atoms. The van der Waals surface area contributed by atoms with Gasteiger partial charge in [0.1, 0.15) is 12.1 Å². The van der Waals surface area contributed by atoms with E-state index in [1.54, 1.807) is 35.0 Å². The van der Waals surface area contributed by atoms with Crippen LogP contribution in [-0.4, -0.2) is 127 Å². The number of halogens is 2. The monoisotopic (exact) mass is 958 g/mol. The summed E-state index contributed by atoms with van der Waals surface area (Å²) < 4.78 is 0. The van der Waals surface area contributed by atoms with Gasteiger partial charge in [-0.2, -0.15) is 0 Å². The molecule has 9 atom stereocenters. The fraction of sp³-hybridized carbons (Fsp3) is 0.633. The van der Waals surface area contributed by atoms with Crippen molar-refractivity contribution in [3.63, 3.8) is 0 Å². The molecule has 3 aliphatic rings. The number of carbonyl (C=O) groups is 6.